The molecule has 1 saturated heterocycles. The highest BCUT2D eigenvalue weighted by atomic mass is 16.4. The van der Waals surface area contributed by atoms with Crippen LogP contribution in [-0.2, 0) is 4.79 Å². The number of nitrogens with zero attached hydrogens (tertiary/aromatic N) is 3. The Morgan fingerprint density at radius 1 is 1.17 bits per heavy atom. The van der Waals surface area contributed by atoms with Gasteiger partial charge in [0, 0.05) is 18.0 Å². The van der Waals surface area contributed by atoms with Crippen molar-refractivity contribution in [3.05, 3.63) is 36.2 Å². The second-order valence-corrected chi connectivity index (χ2v) is 6.36. The van der Waals surface area contributed by atoms with E-state index >= 15 is 0 Å². The lowest BCUT2D eigenvalue weighted by Crippen LogP contribution is -2.37. The molecule has 2 aromatic rings. The van der Waals surface area contributed by atoms with Gasteiger partial charge in [-0.1, -0.05) is 44.9 Å². The highest BCUT2D eigenvalue weighted by Gasteiger charge is 2.31. The zero-order valence-corrected chi connectivity index (χ0v) is 13.7. The first-order valence-corrected chi connectivity index (χ1v) is 8.36. The molecule has 0 radical (unpaired) electrons. The van der Waals surface area contributed by atoms with Gasteiger partial charge in [0.05, 0.1) is 0 Å². The van der Waals surface area contributed by atoms with Gasteiger partial charge < -0.3 is 9.32 Å². The standard InChI is InChI=1S/C18H23N3O2/c1-13(2)18(22)21-12-8-4-7-11-15(21)17-20-19-16(23-17)14-9-5-3-6-10-14/h3,5-6,9-10,13,15H,4,7-8,11-12H2,1-2H3. The molecule has 0 saturated carbocycles. The average molecular weight is 313 g/mol. The fraction of sp³-hybridized carbons (Fsp3) is 0.500. The maximum Gasteiger partial charge on any atom is 0.247 e. The van der Waals surface area contributed by atoms with E-state index in [-0.39, 0.29) is 17.9 Å². The summed E-state index contributed by atoms with van der Waals surface area (Å²) in [5.74, 6) is 1.21. The minimum absolute atomic E-state index is 0.0212. The Kier molecular flexibility index (Phi) is 4.74. The molecule has 1 aliphatic rings. The zero-order chi connectivity index (χ0) is 16.2. The van der Waals surface area contributed by atoms with Crippen LogP contribution >= 0.6 is 0 Å². The molecule has 0 N–H and O–H groups in total. The molecule has 5 heteroatoms. The maximum atomic E-state index is 12.5. The molecule has 1 unspecified atom stereocenters. The van der Waals surface area contributed by atoms with Crippen molar-refractivity contribution in [3.8, 4) is 11.5 Å². The van der Waals surface area contributed by atoms with Crippen molar-refractivity contribution >= 4 is 5.91 Å². The fourth-order valence-electron chi connectivity index (χ4n) is 3.03. The molecular weight excluding hydrogens is 290 g/mol. The molecule has 1 aromatic heterocycles. The van der Waals surface area contributed by atoms with E-state index in [4.69, 9.17) is 4.42 Å². The summed E-state index contributed by atoms with van der Waals surface area (Å²) in [4.78, 5) is 14.5. The van der Waals surface area contributed by atoms with Crippen LogP contribution in [0.25, 0.3) is 11.5 Å². The van der Waals surface area contributed by atoms with Gasteiger partial charge in [-0.05, 0) is 25.0 Å². The molecule has 1 atom stereocenters. The Morgan fingerprint density at radius 2 is 1.96 bits per heavy atom. The summed E-state index contributed by atoms with van der Waals surface area (Å²) in [5.41, 5.74) is 0.904. The van der Waals surface area contributed by atoms with E-state index in [0.29, 0.717) is 11.8 Å². The first-order valence-electron chi connectivity index (χ1n) is 8.36. The highest BCUT2D eigenvalue weighted by molar-refractivity contribution is 5.78. The molecule has 0 bridgehead atoms. The van der Waals surface area contributed by atoms with Gasteiger partial charge in [0.1, 0.15) is 6.04 Å². The number of benzene rings is 1. The SMILES string of the molecule is CC(C)C(=O)N1CCCCCC1c1nnc(-c2ccccc2)o1. The molecule has 122 valence electrons. The second kappa shape index (κ2) is 6.94. The monoisotopic (exact) mass is 313 g/mol. The Hall–Kier alpha value is -2.17. The maximum absolute atomic E-state index is 12.5. The van der Waals surface area contributed by atoms with Crippen molar-refractivity contribution in [2.45, 2.75) is 45.6 Å². The molecule has 5 nitrogen and oxygen atoms in total. The summed E-state index contributed by atoms with van der Waals surface area (Å²) in [7, 11) is 0. The van der Waals surface area contributed by atoms with Gasteiger partial charge in [-0.3, -0.25) is 4.79 Å². The summed E-state index contributed by atoms with van der Waals surface area (Å²) >= 11 is 0. The van der Waals surface area contributed by atoms with Gasteiger partial charge in [-0.15, -0.1) is 10.2 Å². The van der Waals surface area contributed by atoms with Crippen LogP contribution in [0.2, 0.25) is 0 Å². The number of carbonyl (C=O) groups excluding carboxylic acids is 1. The quantitative estimate of drug-likeness (QED) is 0.864. The van der Waals surface area contributed by atoms with Gasteiger partial charge in [0.25, 0.3) is 0 Å². The first kappa shape index (κ1) is 15.7. The predicted octanol–water partition coefficient (Wildman–Crippen LogP) is 3.84. The summed E-state index contributed by atoms with van der Waals surface area (Å²) in [6.07, 6.45) is 4.14. The topological polar surface area (TPSA) is 59.2 Å². The smallest absolute Gasteiger partial charge is 0.247 e. The van der Waals surface area contributed by atoms with E-state index in [1.54, 1.807) is 0 Å². The number of hydrogen-bond acceptors (Lipinski definition) is 4. The molecule has 1 aliphatic heterocycles. The van der Waals surface area contributed by atoms with Crippen LogP contribution in [0.1, 0.15) is 51.5 Å². The normalized spacial score (nSPS) is 18.9. The predicted molar refractivity (Wildman–Crippen MR) is 87.5 cm³/mol. The van der Waals surface area contributed by atoms with Crippen molar-refractivity contribution in [2.24, 2.45) is 5.92 Å². The van der Waals surface area contributed by atoms with E-state index in [1.165, 1.54) is 0 Å². The third-order valence-corrected chi connectivity index (χ3v) is 4.28. The van der Waals surface area contributed by atoms with Crippen LogP contribution in [0.15, 0.2) is 34.7 Å². The van der Waals surface area contributed by atoms with E-state index in [9.17, 15) is 4.79 Å². The molecule has 3 rings (SSSR count). The molecule has 0 aliphatic carbocycles. The van der Waals surface area contributed by atoms with E-state index in [0.717, 1.165) is 37.8 Å². The van der Waals surface area contributed by atoms with E-state index < -0.39 is 0 Å². The second-order valence-electron chi connectivity index (χ2n) is 6.36. The highest BCUT2D eigenvalue weighted by Crippen LogP contribution is 2.32. The lowest BCUT2D eigenvalue weighted by Gasteiger charge is -2.29. The molecule has 2 heterocycles. The summed E-state index contributed by atoms with van der Waals surface area (Å²) in [6.45, 7) is 4.64. The van der Waals surface area contributed by atoms with E-state index in [1.807, 2.05) is 49.1 Å². The van der Waals surface area contributed by atoms with Gasteiger partial charge in [0.15, 0.2) is 0 Å². The summed E-state index contributed by atoms with van der Waals surface area (Å²) in [6, 6.07) is 9.63. The molecule has 23 heavy (non-hydrogen) atoms. The minimum Gasteiger partial charge on any atom is -0.418 e. The van der Waals surface area contributed by atoms with Crippen molar-refractivity contribution in [3.63, 3.8) is 0 Å². The number of carbonyl (C=O) groups is 1. The fourth-order valence-corrected chi connectivity index (χ4v) is 3.03. The molecule has 1 aromatic carbocycles. The van der Waals surface area contributed by atoms with Crippen LogP contribution in [0, 0.1) is 5.92 Å². The van der Waals surface area contributed by atoms with Crippen molar-refractivity contribution < 1.29 is 9.21 Å². The van der Waals surface area contributed by atoms with Gasteiger partial charge in [-0.25, -0.2) is 0 Å². The first-order chi connectivity index (χ1) is 11.2. The van der Waals surface area contributed by atoms with Crippen molar-refractivity contribution in [2.75, 3.05) is 6.54 Å². The Labute approximate surface area is 136 Å². The van der Waals surface area contributed by atoms with Gasteiger partial charge in [0.2, 0.25) is 17.7 Å². The summed E-state index contributed by atoms with van der Waals surface area (Å²) < 4.78 is 5.91. The lowest BCUT2D eigenvalue weighted by molar-refractivity contribution is -0.137. The Bertz CT molecular complexity index is 651. The largest absolute Gasteiger partial charge is 0.418 e. The molecule has 1 amide bonds. The number of aromatic nitrogens is 2. The average Bonchev–Trinajstić information content (AvgIpc) is 2.93. The van der Waals surface area contributed by atoms with Crippen molar-refractivity contribution in [1.82, 2.24) is 15.1 Å². The minimum atomic E-state index is -0.0997. The number of hydrogen-bond donors (Lipinski definition) is 0. The number of likely N-dealkylation sites (tertiary alicyclic amines) is 1. The zero-order valence-electron chi connectivity index (χ0n) is 13.7. The molecule has 1 fully saturated rings. The third-order valence-electron chi connectivity index (χ3n) is 4.28. The van der Waals surface area contributed by atoms with Crippen LogP contribution < -0.4 is 0 Å². The molecule has 0 spiro atoms. The van der Waals surface area contributed by atoms with Crippen molar-refractivity contribution in [1.29, 1.82) is 0 Å². The third kappa shape index (κ3) is 3.44. The van der Waals surface area contributed by atoms with Gasteiger partial charge >= 0.3 is 0 Å². The van der Waals surface area contributed by atoms with E-state index in [2.05, 4.69) is 10.2 Å². The van der Waals surface area contributed by atoms with Crippen LogP contribution in [-0.4, -0.2) is 27.5 Å². The molecular formula is C18H23N3O2. The summed E-state index contributed by atoms with van der Waals surface area (Å²) in [5, 5.41) is 8.42. The number of rotatable bonds is 3. The lowest BCUT2D eigenvalue weighted by atomic mass is 10.1. The van der Waals surface area contributed by atoms with Crippen LogP contribution in [0.5, 0.6) is 0 Å². The Balaban J connectivity index is 1.88. The van der Waals surface area contributed by atoms with Crippen LogP contribution in [0.3, 0.4) is 0 Å². The number of amides is 1. The van der Waals surface area contributed by atoms with Crippen LogP contribution in [0.4, 0.5) is 0 Å². The van der Waals surface area contributed by atoms with Gasteiger partial charge in [-0.2, -0.15) is 0 Å². The Morgan fingerprint density at radius 3 is 2.70 bits per heavy atom.